The maximum atomic E-state index is 11.4. The topological polar surface area (TPSA) is 53.6 Å². The number of urea groups is 1. The highest BCUT2D eigenvalue weighted by molar-refractivity contribution is 5.73. The fraction of sp³-hybridized carbons (Fsp3) is 0.533. The van der Waals surface area contributed by atoms with Gasteiger partial charge < -0.3 is 20.3 Å². The Morgan fingerprint density at radius 2 is 2.20 bits per heavy atom. The van der Waals surface area contributed by atoms with E-state index in [-0.39, 0.29) is 12.1 Å². The fourth-order valence-electron chi connectivity index (χ4n) is 2.21. The molecule has 1 unspecified atom stereocenters. The van der Waals surface area contributed by atoms with Gasteiger partial charge in [0.05, 0.1) is 6.61 Å². The molecule has 1 aliphatic rings. The van der Waals surface area contributed by atoms with Crippen LogP contribution in [0.25, 0.3) is 0 Å². The van der Waals surface area contributed by atoms with Gasteiger partial charge in [0.2, 0.25) is 0 Å². The lowest BCUT2D eigenvalue weighted by molar-refractivity contribution is 0.217. The number of amides is 2. The lowest BCUT2D eigenvalue weighted by atomic mass is 10.0. The van der Waals surface area contributed by atoms with Gasteiger partial charge in [0, 0.05) is 39.6 Å². The number of ether oxygens (including phenoxy) is 1. The zero-order valence-electron chi connectivity index (χ0n) is 12.4. The first-order chi connectivity index (χ1) is 9.58. The van der Waals surface area contributed by atoms with E-state index in [1.165, 1.54) is 16.0 Å². The number of nitrogens with zero attached hydrogens (tertiary/aromatic N) is 1. The van der Waals surface area contributed by atoms with Gasteiger partial charge in [-0.25, -0.2) is 4.79 Å². The Hall–Kier alpha value is -1.75. The Bertz CT molecular complexity index is 474. The molecule has 0 bridgehead atoms. The minimum atomic E-state index is -0.0610. The lowest BCUT2D eigenvalue weighted by Crippen LogP contribution is -2.38. The average molecular weight is 277 g/mol. The largest absolute Gasteiger partial charge is 0.493 e. The average Bonchev–Trinajstić information content (AvgIpc) is 2.90. The highest BCUT2D eigenvalue weighted by atomic mass is 16.5. The third-order valence-corrected chi connectivity index (χ3v) is 3.47. The van der Waals surface area contributed by atoms with Crippen LogP contribution >= 0.6 is 0 Å². The molecule has 0 fully saturated rings. The normalized spacial score (nSPS) is 14.3. The first-order valence-corrected chi connectivity index (χ1v) is 7.02. The monoisotopic (exact) mass is 277 g/mol. The molecule has 20 heavy (non-hydrogen) atoms. The minimum Gasteiger partial charge on any atom is -0.493 e. The Morgan fingerprint density at radius 1 is 1.40 bits per heavy atom. The standard InChI is InChI=1S/C15H23N3O2/c1-11(16-7-8-17-15(19)18(2)3)12-4-5-14-13(10-12)6-9-20-14/h4-5,10-11,16H,6-9H2,1-3H3,(H,17,19). The van der Waals surface area contributed by atoms with Crippen LogP contribution < -0.4 is 15.4 Å². The summed E-state index contributed by atoms with van der Waals surface area (Å²) >= 11 is 0. The van der Waals surface area contributed by atoms with Gasteiger partial charge in [0.25, 0.3) is 0 Å². The van der Waals surface area contributed by atoms with E-state index >= 15 is 0 Å². The summed E-state index contributed by atoms with van der Waals surface area (Å²) in [6.07, 6.45) is 0.995. The molecule has 2 N–H and O–H groups in total. The molecule has 1 aromatic rings. The summed E-state index contributed by atoms with van der Waals surface area (Å²) in [5.74, 6) is 1.01. The van der Waals surface area contributed by atoms with Crippen molar-refractivity contribution in [3.05, 3.63) is 29.3 Å². The van der Waals surface area contributed by atoms with E-state index in [1.54, 1.807) is 14.1 Å². The van der Waals surface area contributed by atoms with Gasteiger partial charge in [-0.2, -0.15) is 0 Å². The van der Waals surface area contributed by atoms with Crippen LogP contribution in [-0.2, 0) is 6.42 Å². The number of nitrogens with one attached hydrogen (secondary N) is 2. The smallest absolute Gasteiger partial charge is 0.316 e. The van der Waals surface area contributed by atoms with Gasteiger partial charge in [-0.15, -0.1) is 0 Å². The van der Waals surface area contributed by atoms with Crippen molar-refractivity contribution in [2.24, 2.45) is 0 Å². The molecular weight excluding hydrogens is 254 g/mol. The molecular formula is C15H23N3O2. The summed E-state index contributed by atoms with van der Waals surface area (Å²) in [6.45, 7) is 4.28. The SMILES string of the molecule is CC(NCCNC(=O)N(C)C)c1ccc2c(c1)CCO2. The van der Waals surface area contributed by atoms with E-state index in [1.807, 2.05) is 6.07 Å². The first kappa shape index (κ1) is 14.7. The quantitative estimate of drug-likeness (QED) is 0.803. The summed E-state index contributed by atoms with van der Waals surface area (Å²) in [6, 6.07) is 6.55. The maximum absolute atomic E-state index is 11.4. The molecule has 0 radical (unpaired) electrons. The van der Waals surface area contributed by atoms with Crippen LogP contribution in [0.2, 0.25) is 0 Å². The number of fused-ring (bicyclic) bond motifs is 1. The first-order valence-electron chi connectivity index (χ1n) is 7.02. The van der Waals surface area contributed by atoms with Crippen molar-refractivity contribution in [3.63, 3.8) is 0 Å². The number of carbonyl (C=O) groups is 1. The molecule has 2 amide bonds. The molecule has 1 aliphatic heterocycles. The highest BCUT2D eigenvalue weighted by Crippen LogP contribution is 2.27. The molecule has 5 nitrogen and oxygen atoms in total. The predicted molar refractivity (Wildman–Crippen MR) is 79.1 cm³/mol. The van der Waals surface area contributed by atoms with Crippen LogP contribution in [0.5, 0.6) is 5.75 Å². The van der Waals surface area contributed by atoms with Crippen molar-refractivity contribution in [3.8, 4) is 5.75 Å². The summed E-state index contributed by atoms with van der Waals surface area (Å²) in [5.41, 5.74) is 2.55. The molecule has 5 heteroatoms. The van der Waals surface area contributed by atoms with E-state index in [0.29, 0.717) is 6.54 Å². The number of rotatable bonds is 5. The van der Waals surface area contributed by atoms with Crippen molar-refractivity contribution >= 4 is 6.03 Å². The van der Waals surface area contributed by atoms with E-state index in [0.717, 1.165) is 25.3 Å². The summed E-state index contributed by atoms with van der Waals surface area (Å²) in [7, 11) is 3.47. The van der Waals surface area contributed by atoms with Crippen molar-refractivity contribution < 1.29 is 9.53 Å². The van der Waals surface area contributed by atoms with Gasteiger partial charge in [-0.3, -0.25) is 0 Å². The molecule has 0 spiro atoms. The van der Waals surface area contributed by atoms with Gasteiger partial charge in [-0.1, -0.05) is 12.1 Å². The second-order valence-electron chi connectivity index (χ2n) is 5.27. The van der Waals surface area contributed by atoms with Crippen LogP contribution in [0.3, 0.4) is 0 Å². The molecule has 1 atom stereocenters. The van der Waals surface area contributed by atoms with Crippen molar-refractivity contribution in [2.45, 2.75) is 19.4 Å². The van der Waals surface area contributed by atoms with Crippen molar-refractivity contribution in [1.82, 2.24) is 15.5 Å². The number of hydrogen-bond acceptors (Lipinski definition) is 3. The van der Waals surface area contributed by atoms with Gasteiger partial charge in [0.1, 0.15) is 5.75 Å². The van der Waals surface area contributed by atoms with E-state index in [4.69, 9.17) is 4.74 Å². The van der Waals surface area contributed by atoms with Gasteiger partial charge in [0.15, 0.2) is 0 Å². The number of hydrogen-bond donors (Lipinski definition) is 2. The molecule has 0 saturated heterocycles. The maximum Gasteiger partial charge on any atom is 0.316 e. The second-order valence-corrected chi connectivity index (χ2v) is 5.27. The molecule has 110 valence electrons. The van der Waals surface area contributed by atoms with Crippen LogP contribution in [0.15, 0.2) is 18.2 Å². The molecule has 0 aliphatic carbocycles. The second kappa shape index (κ2) is 6.61. The zero-order valence-corrected chi connectivity index (χ0v) is 12.4. The van der Waals surface area contributed by atoms with E-state index in [2.05, 4.69) is 29.7 Å². The Balaban J connectivity index is 1.77. The van der Waals surface area contributed by atoms with Crippen LogP contribution in [0.4, 0.5) is 4.79 Å². The Labute approximate surface area is 120 Å². The van der Waals surface area contributed by atoms with Crippen molar-refractivity contribution in [2.75, 3.05) is 33.8 Å². The molecule has 2 rings (SSSR count). The van der Waals surface area contributed by atoms with Gasteiger partial charge in [-0.05, 0) is 24.1 Å². The zero-order chi connectivity index (χ0) is 14.5. The predicted octanol–water partition coefficient (Wildman–Crippen LogP) is 1.54. The van der Waals surface area contributed by atoms with Crippen molar-refractivity contribution in [1.29, 1.82) is 0 Å². The summed E-state index contributed by atoms with van der Waals surface area (Å²) in [5, 5.41) is 6.25. The molecule has 0 saturated carbocycles. The molecule has 0 aromatic heterocycles. The number of carbonyl (C=O) groups excluding carboxylic acids is 1. The van der Waals surface area contributed by atoms with E-state index in [9.17, 15) is 4.79 Å². The Kier molecular flexibility index (Phi) is 4.84. The molecule has 1 aromatic carbocycles. The summed E-state index contributed by atoms with van der Waals surface area (Å²) < 4.78 is 5.51. The summed E-state index contributed by atoms with van der Waals surface area (Å²) in [4.78, 5) is 12.9. The number of benzene rings is 1. The van der Waals surface area contributed by atoms with Crippen LogP contribution in [0.1, 0.15) is 24.1 Å². The Morgan fingerprint density at radius 3 is 2.95 bits per heavy atom. The molecule has 1 heterocycles. The minimum absolute atomic E-state index is 0.0610. The fourth-order valence-corrected chi connectivity index (χ4v) is 2.21. The van der Waals surface area contributed by atoms with Gasteiger partial charge >= 0.3 is 6.03 Å². The van der Waals surface area contributed by atoms with Crippen LogP contribution in [-0.4, -0.2) is 44.7 Å². The van der Waals surface area contributed by atoms with Crippen LogP contribution in [0, 0.1) is 0 Å². The lowest BCUT2D eigenvalue weighted by Gasteiger charge is -2.16. The highest BCUT2D eigenvalue weighted by Gasteiger charge is 2.14. The third kappa shape index (κ3) is 3.63. The van der Waals surface area contributed by atoms with E-state index < -0.39 is 0 Å². The third-order valence-electron chi connectivity index (χ3n) is 3.47.